The molecule has 2 aromatic carbocycles. The summed E-state index contributed by atoms with van der Waals surface area (Å²) in [4.78, 5) is 1.46. The molecule has 0 amide bonds. The monoisotopic (exact) mass is 283 g/mol. The molecule has 0 radical (unpaired) electrons. The summed E-state index contributed by atoms with van der Waals surface area (Å²) in [7, 11) is 0. The van der Waals surface area contributed by atoms with Crippen molar-refractivity contribution in [3.63, 3.8) is 0 Å². The zero-order valence-electron chi connectivity index (χ0n) is 11.9. The van der Waals surface area contributed by atoms with Crippen molar-refractivity contribution in [1.29, 1.82) is 0 Å². The second-order valence-electron chi connectivity index (χ2n) is 5.63. The first-order valence-corrected chi connectivity index (χ1v) is 8.15. The predicted octanol–water partition coefficient (Wildman–Crippen LogP) is 4.14. The van der Waals surface area contributed by atoms with Gasteiger partial charge in [-0.1, -0.05) is 48.0 Å². The van der Waals surface area contributed by atoms with Crippen molar-refractivity contribution in [2.24, 2.45) is 5.73 Å². The zero-order valence-corrected chi connectivity index (χ0v) is 12.7. The third kappa shape index (κ3) is 2.92. The molecule has 2 aromatic rings. The molecule has 2 heteroatoms. The number of hydrogen-bond acceptors (Lipinski definition) is 2. The minimum atomic E-state index is 0.474. The normalized spacial score (nSPS) is 18.8. The van der Waals surface area contributed by atoms with E-state index in [0.29, 0.717) is 11.2 Å². The van der Waals surface area contributed by atoms with Gasteiger partial charge in [0.15, 0.2) is 0 Å². The molecule has 104 valence electrons. The van der Waals surface area contributed by atoms with E-state index in [1.165, 1.54) is 34.4 Å². The third-order valence-corrected chi connectivity index (χ3v) is 5.40. The first-order valence-electron chi connectivity index (χ1n) is 7.27. The minimum Gasteiger partial charge on any atom is -0.330 e. The molecule has 2 atom stereocenters. The van der Waals surface area contributed by atoms with Crippen LogP contribution in [0.2, 0.25) is 0 Å². The molecule has 2 unspecified atom stereocenters. The molecule has 1 aliphatic rings. The summed E-state index contributed by atoms with van der Waals surface area (Å²) in [6.07, 6.45) is 2.35. The van der Waals surface area contributed by atoms with Gasteiger partial charge in [-0.2, -0.15) is 0 Å². The smallest absolute Gasteiger partial charge is 0.0142 e. The van der Waals surface area contributed by atoms with Gasteiger partial charge >= 0.3 is 0 Å². The number of nitrogens with two attached hydrogens (primary N) is 1. The summed E-state index contributed by atoms with van der Waals surface area (Å²) in [5, 5.41) is 0.668. The van der Waals surface area contributed by atoms with Crippen LogP contribution in [0.25, 0.3) is 0 Å². The van der Waals surface area contributed by atoms with Crippen LogP contribution in [0.1, 0.15) is 29.0 Å². The Hall–Kier alpha value is -1.25. The molecule has 1 nitrogen and oxygen atoms in total. The molecule has 2 N–H and O–H groups in total. The van der Waals surface area contributed by atoms with Crippen LogP contribution in [-0.2, 0) is 6.42 Å². The highest BCUT2D eigenvalue weighted by atomic mass is 32.2. The van der Waals surface area contributed by atoms with Crippen molar-refractivity contribution in [2.45, 2.75) is 35.8 Å². The topological polar surface area (TPSA) is 26.0 Å². The van der Waals surface area contributed by atoms with Crippen molar-refractivity contribution in [3.05, 3.63) is 65.2 Å². The Kier molecular flexibility index (Phi) is 4.13. The van der Waals surface area contributed by atoms with E-state index in [4.69, 9.17) is 5.73 Å². The van der Waals surface area contributed by atoms with Crippen molar-refractivity contribution in [3.8, 4) is 0 Å². The van der Waals surface area contributed by atoms with Crippen LogP contribution in [0.4, 0.5) is 0 Å². The van der Waals surface area contributed by atoms with Gasteiger partial charge in [0, 0.05) is 10.1 Å². The van der Waals surface area contributed by atoms with E-state index >= 15 is 0 Å². The van der Waals surface area contributed by atoms with Gasteiger partial charge < -0.3 is 5.73 Å². The molecule has 0 bridgehead atoms. The summed E-state index contributed by atoms with van der Waals surface area (Å²) in [6, 6.07) is 17.6. The largest absolute Gasteiger partial charge is 0.330 e. The summed E-state index contributed by atoms with van der Waals surface area (Å²) in [5.74, 6) is 0.474. The Balaban J connectivity index is 1.71. The highest BCUT2D eigenvalue weighted by Gasteiger charge is 2.25. The molecule has 0 aliphatic carbocycles. The van der Waals surface area contributed by atoms with Gasteiger partial charge in [-0.05, 0) is 49.4 Å². The summed E-state index contributed by atoms with van der Waals surface area (Å²) >= 11 is 2.02. The zero-order chi connectivity index (χ0) is 13.9. The number of fused-ring (bicyclic) bond motifs is 1. The van der Waals surface area contributed by atoms with Crippen molar-refractivity contribution in [1.82, 2.24) is 0 Å². The molecular weight excluding hydrogens is 262 g/mol. The van der Waals surface area contributed by atoms with Crippen LogP contribution in [0.5, 0.6) is 0 Å². The van der Waals surface area contributed by atoms with Gasteiger partial charge in [0.05, 0.1) is 0 Å². The maximum atomic E-state index is 6.03. The maximum Gasteiger partial charge on any atom is 0.0142 e. The average Bonchev–Trinajstić information content (AvgIpc) is 2.87. The third-order valence-electron chi connectivity index (χ3n) is 4.06. The van der Waals surface area contributed by atoms with Crippen LogP contribution in [0, 0.1) is 6.92 Å². The minimum absolute atomic E-state index is 0.474. The molecule has 20 heavy (non-hydrogen) atoms. The fourth-order valence-corrected chi connectivity index (χ4v) is 4.41. The van der Waals surface area contributed by atoms with Crippen LogP contribution < -0.4 is 5.73 Å². The van der Waals surface area contributed by atoms with Crippen LogP contribution in [0.15, 0.2) is 53.4 Å². The average molecular weight is 283 g/mol. The van der Waals surface area contributed by atoms with Gasteiger partial charge in [-0.15, -0.1) is 11.8 Å². The van der Waals surface area contributed by atoms with E-state index in [-0.39, 0.29) is 0 Å². The number of aryl methyl sites for hydroxylation is 1. The van der Waals surface area contributed by atoms with Crippen molar-refractivity contribution < 1.29 is 0 Å². The van der Waals surface area contributed by atoms with E-state index in [1.54, 1.807) is 0 Å². The Morgan fingerprint density at radius 3 is 2.80 bits per heavy atom. The second-order valence-corrected chi connectivity index (χ2v) is 6.98. The molecule has 0 fully saturated rings. The molecule has 3 rings (SSSR count). The highest BCUT2D eigenvalue weighted by Crippen LogP contribution is 2.40. The Labute approximate surface area is 125 Å². The molecule has 0 spiro atoms. The molecule has 0 saturated heterocycles. The first-order chi connectivity index (χ1) is 9.76. The van der Waals surface area contributed by atoms with Crippen molar-refractivity contribution in [2.75, 3.05) is 6.54 Å². The van der Waals surface area contributed by atoms with E-state index in [9.17, 15) is 0 Å². The van der Waals surface area contributed by atoms with Crippen molar-refractivity contribution >= 4 is 11.8 Å². The van der Waals surface area contributed by atoms with Gasteiger partial charge in [0.2, 0.25) is 0 Å². The lowest BCUT2D eigenvalue weighted by Gasteiger charge is -2.19. The molecule has 0 aromatic heterocycles. The molecule has 1 aliphatic heterocycles. The van der Waals surface area contributed by atoms with Gasteiger partial charge in [0.1, 0.15) is 0 Å². The number of thioether (sulfide) groups is 1. The molecule has 1 heterocycles. The van der Waals surface area contributed by atoms with Gasteiger partial charge in [-0.3, -0.25) is 0 Å². The number of benzene rings is 2. The Morgan fingerprint density at radius 2 is 2.05 bits per heavy atom. The summed E-state index contributed by atoms with van der Waals surface area (Å²) in [5.41, 5.74) is 10.2. The van der Waals surface area contributed by atoms with Crippen LogP contribution in [0.3, 0.4) is 0 Å². The highest BCUT2D eigenvalue weighted by molar-refractivity contribution is 8.00. The van der Waals surface area contributed by atoms with Gasteiger partial charge in [-0.25, -0.2) is 0 Å². The van der Waals surface area contributed by atoms with Crippen LogP contribution in [-0.4, -0.2) is 11.8 Å². The Morgan fingerprint density at radius 1 is 1.20 bits per heavy atom. The second kappa shape index (κ2) is 6.02. The standard InChI is InChI=1S/C18H21NS/c1-13-5-4-7-14(9-13)16(12-19)11-17-10-15-6-2-3-8-18(15)20-17/h2-9,16-17H,10-12,19H2,1H3. The lowest BCUT2D eigenvalue weighted by Crippen LogP contribution is -2.17. The SMILES string of the molecule is Cc1cccc(C(CN)CC2Cc3ccccc3S2)c1. The summed E-state index contributed by atoms with van der Waals surface area (Å²) in [6.45, 7) is 2.88. The molecule has 0 saturated carbocycles. The fraction of sp³-hybridized carbons (Fsp3) is 0.333. The number of hydrogen-bond donors (Lipinski definition) is 1. The fourth-order valence-electron chi connectivity index (χ4n) is 3.00. The van der Waals surface area contributed by atoms with E-state index in [1.807, 2.05) is 11.8 Å². The van der Waals surface area contributed by atoms with Crippen LogP contribution >= 0.6 is 11.8 Å². The van der Waals surface area contributed by atoms with E-state index < -0.39 is 0 Å². The Bertz CT molecular complexity index is 568. The lowest BCUT2D eigenvalue weighted by molar-refractivity contribution is 0.614. The number of rotatable bonds is 4. The lowest BCUT2D eigenvalue weighted by atomic mass is 9.91. The first kappa shape index (κ1) is 13.7. The quantitative estimate of drug-likeness (QED) is 0.912. The summed E-state index contributed by atoms with van der Waals surface area (Å²) < 4.78 is 0. The van der Waals surface area contributed by atoms with E-state index in [0.717, 1.165) is 6.54 Å². The van der Waals surface area contributed by atoms with E-state index in [2.05, 4.69) is 55.5 Å². The van der Waals surface area contributed by atoms with Gasteiger partial charge in [0.25, 0.3) is 0 Å². The maximum absolute atomic E-state index is 6.03. The predicted molar refractivity (Wildman–Crippen MR) is 87.4 cm³/mol. The molecular formula is C18H21NS.